The molecular formula is C119H80N2O3. The van der Waals surface area contributed by atoms with Gasteiger partial charge in [-0.05, 0) is 255 Å². The molecule has 24 rings (SSSR count). The maximum Gasteiger partial charge on any atom is 0.143 e. The molecule has 0 fully saturated rings. The highest BCUT2D eigenvalue weighted by Gasteiger charge is 2.35. The van der Waals surface area contributed by atoms with Crippen LogP contribution in [0.25, 0.3) is 188 Å². The average molecular weight is 1590 g/mol. The maximum absolute atomic E-state index is 6.81. The van der Waals surface area contributed by atoms with Crippen molar-refractivity contribution in [2.45, 2.75) is 19.3 Å². The number of nitrogens with zero attached hydrogens (tertiary/aromatic N) is 2. The summed E-state index contributed by atoms with van der Waals surface area (Å²) in [5.74, 6) is 0. The van der Waals surface area contributed by atoms with E-state index in [0.29, 0.717) is 0 Å². The standard InChI is InChI=1S/C62H41NO.C57H39NO2/c1-3-11-42(12-4-1)44-19-23-46(24-20-44)48-27-34-53(35-28-48)63(54-36-29-49(30-37-54)47-25-21-45(22-26-47)43-13-5-2-6-14-43)55-38-31-51(32-39-55)58-41-52-16-8-10-18-57(52)61-60-56-17-9-7-15-50(56)33-40-59(60)64-62(58)61;1-57(2)51-12-6-3-9-45(51)46-30-21-41(35-52(46)57)38-19-28-44(29-20-38)58(42-24-15-36(16-25-42)39-22-31-55-49(33-39)47-10-4-7-13-53(47)59-55)43-26-17-37(18-27-43)40-23-32-56-50(34-40)48-11-5-8-14-54(48)60-56/h1-41H;3-35H,1-2H3. The highest BCUT2D eigenvalue weighted by atomic mass is 16.3. The first kappa shape index (κ1) is 73.1. The smallest absolute Gasteiger partial charge is 0.143 e. The Balaban J connectivity index is 0.000000144. The van der Waals surface area contributed by atoms with E-state index in [1.165, 1.54) is 105 Å². The molecule has 3 heterocycles. The average Bonchev–Trinajstić information content (AvgIpc) is 1.57. The summed E-state index contributed by atoms with van der Waals surface area (Å²) in [6.45, 7) is 4.68. The minimum absolute atomic E-state index is 0.0485. The van der Waals surface area contributed by atoms with Gasteiger partial charge in [-0.3, -0.25) is 0 Å². The summed E-state index contributed by atoms with van der Waals surface area (Å²) >= 11 is 0. The molecule has 0 saturated carbocycles. The molecule has 0 bridgehead atoms. The Bertz CT molecular complexity index is 7700. The minimum Gasteiger partial charge on any atom is -0.456 e. The van der Waals surface area contributed by atoms with Crippen LogP contribution in [0.1, 0.15) is 25.0 Å². The van der Waals surface area contributed by atoms with Crippen LogP contribution in [0, 0.1) is 0 Å². The van der Waals surface area contributed by atoms with Gasteiger partial charge < -0.3 is 23.1 Å². The third kappa shape index (κ3) is 13.0. The molecule has 5 heteroatoms. The van der Waals surface area contributed by atoms with Crippen molar-refractivity contribution in [3.8, 4) is 100 Å². The number of fused-ring (bicyclic) bond motifs is 16. The number of benzene rings is 20. The van der Waals surface area contributed by atoms with Crippen LogP contribution in [0.2, 0.25) is 0 Å². The predicted molar refractivity (Wildman–Crippen MR) is 520 cm³/mol. The SMILES string of the molecule is CC1(C)c2ccccc2-c2ccc(-c3ccc(N(c4ccc(-c5ccc6oc7ccccc7c6c5)cc4)c4ccc(-c5ccc6oc7ccccc7c6c5)cc4)cc3)cc21.c1ccc(-c2ccc(-c3ccc(N(c4ccc(-c5ccc(-c6ccccc6)cc5)cc4)c4ccc(-c5cc6ccccc6c6c5oc5ccc7ccccc7c56)cc4)cc3)cc2)cc1. The van der Waals surface area contributed by atoms with Crippen molar-refractivity contribution >= 4 is 121 Å². The third-order valence-corrected chi connectivity index (χ3v) is 25.4. The van der Waals surface area contributed by atoms with Gasteiger partial charge in [0.25, 0.3) is 0 Å². The first-order chi connectivity index (χ1) is 61.2. The van der Waals surface area contributed by atoms with Crippen LogP contribution >= 0.6 is 0 Å². The van der Waals surface area contributed by atoms with Crippen molar-refractivity contribution < 1.29 is 13.3 Å². The lowest BCUT2D eigenvalue weighted by Crippen LogP contribution is -2.14. The van der Waals surface area contributed by atoms with Crippen molar-refractivity contribution in [3.05, 3.63) is 460 Å². The summed E-state index contributed by atoms with van der Waals surface area (Å²) in [6, 6.07) is 162. The molecule has 0 N–H and O–H groups in total. The fourth-order valence-corrected chi connectivity index (χ4v) is 19.0. The van der Waals surface area contributed by atoms with Gasteiger partial charge in [-0.15, -0.1) is 0 Å². The van der Waals surface area contributed by atoms with E-state index in [4.69, 9.17) is 13.3 Å². The van der Waals surface area contributed by atoms with E-state index in [0.717, 1.165) is 128 Å². The topological polar surface area (TPSA) is 45.9 Å². The molecule has 1 aliphatic carbocycles. The molecule has 20 aromatic carbocycles. The molecular weight excluding hydrogens is 1510 g/mol. The molecule has 0 spiro atoms. The Hall–Kier alpha value is -16.1. The van der Waals surface area contributed by atoms with Crippen LogP contribution < -0.4 is 9.80 Å². The van der Waals surface area contributed by atoms with Crippen molar-refractivity contribution in [2.75, 3.05) is 9.80 Å². The second kappa shape index (κ2) is 30.3. The fourth-order valence-electron chi connectivity index (χ4n) is 19.0. The van der Waals surface area contributed by atoms with Gasteiger partial charge in [-0.25, -0.2) is 0 Å². The quantitative estimate of drug-likeness (QED) is 0.109. The van der Waals surface area contributed by atoms with E-state index in [1.54, 1.807) is 0 Å². The molecule has 124 heavy (non-hydrogen) atoms. The van der Waals surface area contributed by atoms with Crippen LogP contribution in [-0.4, -0.2) is 0 Å². The van der Waals surface area contributed by atoms with Gasteiger partial charge in [-0.2, -0.15) is 0 Å². The molecule has 0 amide bonds. The van der Waals surface area contributed by atoms with Gasteiger partial charge in [0.2, 0.25) is 0 Å². The summed E-state index contributed by atoms with van der Waals surface area (Å²) in [4.78, 5) is 4.69. The number of para-hydroxylation sites is 2. The van der Waals surface area contributed by atoms with Crippen molar-refractivity contribution in [1.29, 1.82) is 0 Å². The first-order valence-electron chi connectivity index (χ1n) is 42.5. The largest absolute Gasteiger partial charge is 0.456 e. The number of hydrogen-bond donors (Lipinski definition) is 0. The van der Waals surface area contributed by atoms with E-state index in [-0.39, 0.29) is 5.41 Å². The maximum atomic E-state index is 6.81. The summed E-state index contributed by atoms with van der Waals surface area (Å²) in [5.41, 5.74) is 36.1. The Morgan fingerprint density at radius 2 is 0.484 bits per heavy atom. The predicted octanol–water partition coefficient (Wildman–Crippen LogP) is 34.0. The molecule has 5 nitrogen and oxygen atoms in total. The molecule has 584 valence electrons. The molecule has 0 unspecified atom stereocenters. The zero-order chi connectivity index (χ0) is 82.4. The summed E-state index contributed by atoms with van der Waals surface area (Å²) in [6.07, 6.45) is 0. The van der Waals surface area contributed by atoms with Crippen LogP contribution in [0.15, 0.2) is 462 Å². The van der Waals surface area contributed by atoms with E-state index in [9.17, 15) is 0 Å². The molecule has 0 saturated heterocycles. The van der Waals surface area contributed by atoms with Gasteiger partial charge in [0.15, 0.2) is 0 Å². The zero-order valence-corrected chi connectivity index (χ0v) is 68.3. The monoisotopic (exact) mass is 1580 g/mol. The number of rotatable bonds is 14. The van der Waals surface area contributed by atoms with Crippen LogP contribution in [0.3, 0.4) is 0 Å². The summed E-state index contributed by atoms with van der Waals surface area (Å²) in [5, 5.41) is 11.7. The molecule has 0 aliphatic heterocycles. The molecule has 0 atom stereocenters. The van der Waals surface area contributed by atoms with Crippen LogP contribution in [-0.2, 0) is 5.41 Å². The lowest BCUT2D eigenvalue weighted by molar-refractivity contribution is 0.660. The van der Waals surface area contributed by atoms with Gasteiger partial charge in [0.1, 0.15) is 33.5 Å². The van der Waals surface area contributed by atoms with Gasteiger partial charge in [-0.1, -0.05) is 335 Å². The number of hydrogen-bond acceptors (Lipinski definition) is 5. The first-order valence-corrected chi connectivity index (χ1v) is 42.5. The highest BCUT2D eigenvalue weighted by molar-refractivity contribution is 6.29. The van der Waals surface area contributed by atoms with Crippen LogP contribution in [0.5, 0.6) is 0 Å². The van der Waals surface area contributed by atoms with Gasteiger partial charge >= 0.3 is 0 Å². The Morgan fingerprint density at radius 1 is 0.177 bits per heavy atom. The zero-order valence-electron chi connectivity index (χ0n) is 68.3. The third-order valence-electron chi connectivity index (χ3n) is 25.4. The van der Waals surface area contributed by atoms with E-state index >= 15 is 0 Å². The Morgan fingerprint density at radius 3 is 0.935 bits per heavy atom. The molecule has 1 aliphatic rings. The number of anilines is 6. The van der Waals surface area contributed by atoms with E-state index in [2.05, 4.69) is 448 Å². The second-order valence-electron chi connectivity index (χ2n) is 33.0. The van der Waals surface area contributed by atoms with Gasteiger partial charge in [0.05, 0.1) is 0 Å². The molecule has 3 aromatic heterocycles. The van der Waals surface area contributed by atoms with Crippen molar-refractivity contribution in [1.82, 2.24) is 0 Å². The molecule has 0 radical (unpaired) electrons. The molecule has 23 aromatic rings. The Kier molecular flexibility index (Phi) is 17.9. The van der Waals surface area contributed by atoms with Crippen LogP contribution in [0.4, 0.5) is 34.1 Å². The number of furan rings is 3. The lowest BCUT2D eigenvalue weighted by atomic mass is 9.81. The van der Waals surface area contributed by atoms with E-state index < -0.39 is 0 Å². The summed E-state index contributed by atoms with van der Waals surface area (Å²) < 4.78 is 19.1. The van der Waals surface area contributed by atoms with Crippen molar-refractivity contribution in [3.63, 3.8) is 0 Å². The minimum atomic E-state index is -0.0485. The highest BCUT2D eigenvalue weighted by Crippen LogP contribution is 2.51. The van der Waals surface area contributed by atoms with Crippen molar-refractivity contribution in [2.24, 2.45) is 0 Å². The van der Waals surface area contributed by atoms with E-state index in [1.807, 2.05) is 24.3 Å². The summed E-state index contributed by atoms with van der Waals surface area (Å²) in [7, 11) is 0. The second-order valence-corrected chi connectivity index (χ2v) is 33.0. The normalized spacial score (nSPS) is 12.2. The lowest BCUT2D eigenvalue weighted by Gasteiger charge is -2.26. The fraction of sp³-hybridized carbons (Fsp3) is 0.0252. The Labute approximate surface area is 719 Å². The van der Waals surface area contributed by atoms with Gasteiger partial charge in [0, 0.05) is 77.4 Å².